The number of H-pyrrole nitrogens is 2. The van der Waals surface area contributed by atoms with Crippen LogP contribution < -0.4 is 0 Å². The van der Waals surface area contributed by atoms with Crippen LogP contribution in [0.3, 0.4) is 0 Å². The molecule has 0 saturated heterocycles. The number of carbonyl (C=O) groups excluding carboxylic acids is 2. The second-order valence-electron chi connectivity index (χ2n) is 10.3. The number of ether oxygens (including phenoxy) is 2. The van der Waals surface area contributed by atoms with Crippen LogP contribution in [0.5, 0.6) is 0 Å². The van der Waals surface area contributed by atoms with Crippen molar-refractivity contribution in [2.75, 3.05) is 14.2 Å². The van der Waals surface area contributed by atoms with Gasteiger partial charge < -0.3 is 19.4 Å². The summed E-state index contributed by atoms with van der Waals surface area (Å²) in [4.78, 5) is 41.1. The average Bonchev–Trinajstić information content (AvgIpc) is 3.62. The zero-order valence-corrected chi connectivity index (χ0v) is 26.4. The normalized spacial score (nSPS) is 12.8. The minimum atomic E-state index is -0.269. The molecule has 0 aromatic carbocycles. The van der Waals surface area contributed by atoms with E-state index in [9.17, 15) is 9.59 Å². The number of nitrogens with zero attached hydrogens (tertiary/aromatic N) is 2. The van der Waals surface area contributed by atoms with Crippen molar-refractivity contribution in [3.8, 4) is 0 Å². The Morgan fingerprint density at radius 1 is 0.634 bits per heavy atom. The Balaban J connectivity index is 0.00000387. The van der Waals surface area contributed by atoms with Crippen molar-refractivity contribution in [2.24, 2.45) is 0 Å². The van der Waals surface area contributed by atoms with E-state index in [2.05, 4.69) is 48.1 Å². The van der Waals surface area contributed by atoms with Gasteiger partial charge >= 0.3 is 11.9 Å². The summed E-state index contributed by atoms with van der Waals surface area (Å²) < 4.78 is 9.82. The molecular weight excluding hydrogens is 699 g/mol. The minimum absolute atomic E-state index is 0. The minimum Gasteiger partial charge on any atom is -0.469 e. The molecule has 8 nitrogen and oxygen atoms in total. The first kappa shape index (κ1) is 30.2. The van der Waals surface area contributed by atoms with Crippen LogP contribution in [0.1, 0.15) is 73.4 Å². The molecule has 3 aromatic heterocycles. The second kappa shape index (κ2) is 12.4. The number of nitrogens with one attached hydrogen (secondary N) is 2. The molecule has 9 heteroatoms. The Hall–Kier alpha value is -3.77. The van der Waals surface area contributed by atoms with E-state index >= 15 is 0 Å². The molecule has 0 amide bonds. The van der Waals surface area contributed by atoms with Crippen LogP contribution in [-0.4, -0.2) is 46.1 Å². The molecule has 41 heavy (non-hydrogen) atoms. The monoisotopic (exact) mass is 733 g/mol. The van der Waals surface area contributed by atoms with Crippen LogP contribution in [0, 0.1) is 13.8 Å². The van der Waals surface area contributed by atoms with Gasteiger partial charge in [-0.3, -0.25) is 9.59 Å². The number of aromatic nitrogens is 4. The number of aryl methyl sites for hydroxylation is 2. The maximum atomic E-state index is 12.0. The van der Waals surface area contributed by atoms with Crippen LogP contribution in [-0.2, 0) is 40.1 Å². The van der Waals surface area contributed by atoms with Crippen LogP contribution in [0.25, 0.3) is 44.4 Å². The van der Waals surface area contributed by atoms with Gasteiger partial charge in [0.2, 0.25) is 0 Å². The molecule has 0 spiro atoms. The van der Waals surface area contributed by atoms with Crippen molar-refractivity contribution in [2.45, 2.75) is 53.4 Å². The van der Waals surface area contributed by atoms with Crippen LogP contribution >= 0.6 is 0 Å². The topological polar surface area (TPSA) is 110 Å². The molecule has 0 aliphatic carbocycles. The molecule has 216 valence electrons. The van der Waals surface area contributed by atoms with E-state index in [1.54, 1.807) is 0 Å². The molecule has 0 saturated carbocycles. The molecule has 0 radical (unpaired) electrons. The fourth-order valence-corrected chi connectivity index (χ4v) is 5.29. The van der Waals surface area contributed by atoms with Crippen LogP contribution in [0.2, 0.25) is 0 Å². The number of aromatic amines is 2. The zero-order valence-electron chi connectivity index (χ0n) is 24.1. The van der Waals surface area contributed by atoms with Crippen LogP contribution in [0.4, 0.5) is 0 Å². The molecule has 8 bridgehead atoms. The number of esters is 2. The number of rotatable bonds is 6. The van der Waals surface area contributed by atoms with Gasteiger partial charge in [0.05, 0.1) is 37.0 Å². The standard InChI is InChI=1S/C32H34N4O4.Pt/c1-17-11-22-14-27-19(3)23(7-9-31(37)39-5)29(35-27)16-30-24(8-10-32(38)40-6)20(4)28(36-30)15-26-18(2)12-21(34-26)13-25(17)33-22;/h11-16,33-34H,7-10H2,1-6H3;. The summed E-state index contributed by atoms with van der Waals surface area (Å²) >= 11 is 0. The van der Waals surface area contributed by atoms with Crippen molar-refractivity contribution in [3.05, 3.63) is 70.3 Å². The van der Waals surface area contributed by atoms with E-state index < -0.39 is 0 Å². The zero-order chi connectivity index (χ0) is 28.6. The molecular formula is C32H34N4O4Pt. The molecule has 0 fully saturated rings. The molecule has 0 unspecified atom stereocenters. The van der Waals surface area contributed by atoms with Gasteiger partial charge in [-0.1, -0.05) is 0 Å². The van der Waals surface area contributed by atoms with Gasteiger partial charge in [0, 0.05) is 56.0 Å². The van der Waals surface area contributed by atoms with Crippen molar-refractivity contribution in [3.63, 3.8) is 0 Å². The number of carbonyl (C=O) groups is 2. The predicted octanol–water partition coefficient (Wildman–Crippen LogP) is 6.70. The van der Waals surface area contributed by atoms with E-state index in [-0.39, 0.29) is 45.8 Å². The Bertz CT molecular complexity index is 1760. The Kier molecular flexibility index (Phi) is 9.13. The SMILES string of the molecule is COC(=O)CCC1=C(C)c2cc3cc(C)c(cc4cc(C)c(cc5nc(cc1n2)C(CCC(=O)OC)=C5C)[nH]4)[nH]3.[Pt]. The fraction of sp³-hybridized carbons (Fsp3) is 0.312. The molecule has 2 aliphatic rings. The molecule has 5 heterocycles. The summed E-state index contributed by atoms with van der Waals surface area (Å²) in [5.41, 5.74) is 13.3. The van der Waals surface area contributed by atoms with Crippen molar-refractivity contribution < 1.29 is 40.1 Å². The van der Waals surface area contributed by atoms with E-state index in [1.165, 1.54) is 14.2 Å². The van der Waals surface area contributed by atoms with Crippen LogP contribution in [0.15, 0.2) is 36.4 Å². The summed E-state index contributed by atoms with van der Waals surface area (Å²) in [5, 5.41) is 0. The van der Waals surface area contributed by atoms with E-state index in [1.807, 2.05) is 26.0 Å². The van der Waals surface area contributed by atoms with E-state index in [0.29, 0.717) is 12.8 Å². The first-order chi connectivity index (χ1) is 19.2. The maximum absolute atomic E-state index is 12.0. The Labute approximate surface area is 253 Å². The molecule has 2 aliphatic heterocycles. The van der Waals surface area contributed by atoms with Gasteiger partial charge in [-0.05, 0) is 110 Å². The van der Waals surface area contributed by atoms with Crippen molar-refractivity contribution >= 4 is 56.3 Å². The number of methoxy groups -OCH3 is 2. The summed E-state index contributed by atoms with van der Waals surface area (Å²) in [6.45, 7) is 8.22. The Morgan fingerprint density at radius 3 is 1.56 bits per heavy atom. The number of fused-ring (bicyclic) bond motifs is 8. The summed E-state index contributed by atoms with van der Waals surface area (Å²) in [7, 11) is 2.80. The van der Waals surface area contributed by atoms with Gasteiger partial charge in [-0.15, -0.1) is 0 Å². The molecule has 3 aromatic rings. The average molecular weight is 734 g/mol. The summed E-state index contributed by atoms with van der Waals surface area (Å²) in [6, 6.07) is 12.4. The van der Waals surface area contributed by atoms with Gasteiger partial charge in [-0.2, -0.15) is 0 Å². The number of allylic oxidation sites excluding steroid dienone is 4. The molecule has 5 rings (SSSR count). The smallest absolute Gasteiger partial charge is 0.305 e. The van der Waals surface area contributed by atoms with Gasteiger partial charge in [0.15, 0.2) is 0 Å². The fourth-order valence-electron chi connectivity index (χ4n) is 5.29. The third-order valence-electron chi connectivity index (χ3n) is 7.69. The van der Waals surface area contributed by atoms with Crippen molar-refractivity contribution in [1.29, 1.82) is 0 Å². The molecule has 0 atom stereocenters. The first-order valence-corrected chi connectivity index (χ1v) is 13.4. The predicted molar refractivity (Wildman–Crippen MR) is 158 cm³/mol. The first-order valence-electron chi connectivity index (χ1n) is 13.4. The summed E-state index contributed by atoms with van der Waals surface area (Å²) in [6.07, 6.45) is 1.49. The van der Waals surface area contributed by atoms with E-state index in [0.717, 1.165) is 78.3 Å². The Morgan fingerprint density at radius 2 is 1.07 bits per heavy atom. The van der Waals surface area contributed by atoms with Gasteiger partial charge in [0.1, 0.15) is 0 Å². The second-order valence-corrected chi connectivity index (χ2v) is 10.3. The third kappa shape index (κ3) is 6.28. The maximum Gasteiger partial charge on any atom is 0.305 e. The van der Waals surface area contributed by atoms with E-state index in [4.69, 9.17) is 19.4 Å². The van der Waals surface area contributed by atoms with Gasteiger partial charge in [-0.25, -0.2) is 9.97 Å². The summed E-state index contributed by atoms with van der Waals surface area (Å²) in [5.74, 6) is -0.539. The van der Waals surface area contributed by atoms with Crippen molar-refractivity contribution in [1.82, 2.24) is 19.9 Å². The van der Waals surface area contributed by atoms with Gasteiger partial charge in [0.25, 0.3) is 0 Å². The largest absolute Gasteiger partial charge is 0.469 e. The third-order valence-corrected chi connectivity index (χ3v) is 7.69. The number of hydrogen-bond acceptors (Lipinski definition) is 6. The quantitative estimate of drug-likeness (QED) is 0.273. The molecule has 2 N–H and O–H groups in total. The number of hydrogen-bond donors (Lipinski definition) is 2.